The molecule has 2 heterocycles. The molecule has 1 aliphatic rings. The normalized spacial score (nSPS) is 16.3. The minimum absolute atomic E-state index is 0.0716. The van der Waals surface area contributed by atoms with E-state index in [-0.39, 0.29) is 24.1 Å². The molecule has 1 fully saturated rings. The first kappa shape index (κ1) is 18.3. The van der Waals surface area contributed by atoms with Crippen LogP contribution in [-0.2, 0) is 0 Å². The van der Waals surface area contributed by atoms with Crippen LogP contribution in [-0.4, -0.2) is 41.8 Å². The van der Waals surface area contributed by atoms with Crippen LogP contribution in [0.4, 0.5) is 5.69 Å². The van der Waals surface area contributed by atoms with Crippen LogP contribution in [0.25, 0.3) is 0 Å². The molecule has 1 saturated heterocycles. The standard InChI is InChI=1S/C19H23N3O4/c23-18(15-6-4-7-16(12-15)22(24)25)14-20-13-17(19-8-5-11-26-19)21-9-2-1-3-10-21/h4-8,11-12,17,20H,1-3,9-10,13-14H2. The quantitative estimate of drug-likeness (QED) is 0.443. The van der Waals surface area contributed by atoms with E-state index in [1.807, 2.05) is 12.1 Å². The number of hydrogen-bond donors (Lipinski definition) is 1. The molecule has 26 heavy (non-hydrogen) atoms. The van der Waals surface area contributed by atoms with Gasteiger partial charge in [-0.25, -0.2) is 0 Å². The van der Waals surface area contributed by atoms with E-state index in [1.165, 1.54) is 37.5 Å². The number of nitro benzene ring substituents is 1. The Hall–Kier alpha value is -2.51. The molecule has 3 rings (SSSR count). The second-order valence-electron chi connectivity index (χ2n) is 6.49. The highest BCUT2D eigenvalue weighted by Crippen LogP contribution is 2.24. The zero-order valence-electron chi connectivity index (χ0n) is 14.6. The van der Waals surface area contributed by atoms with Crippen LogP contribution in [0.5, 0.6) is 0 Å². The van der Waals surface area contributed by atoms with Gasteiger partial charge in [0.1, 0.15) is 5.76 Å². The predicted octanol–water partition coefficient (Wildman–Crippen LogP) is 3.19. The third kappa shape index (κ3) is 4.56. The molecule has 138 valence electrons. The molecule has 7 heteroatoms. The van der Waals surface area contributed by atoms with Crippen LogP contribution in [0.2, 0.25) is 0 Å². The Labute approximate surface area is 152 Å². The number of rotatable bonds is 8. The van der Waals surface area contributed by atoms with Crippen molar-refractivity contribution < 1.29 is 14.1 Å². The van der Waals surface area contributed by atoms with Crippen molar-refractivity contribution >= 4 is 11.5 Å². The van der Waals surface area contributed by atoms with Crippen LogP contribution in [0.3, 0.4) is 0 Å². The summed E-state index contributed by atoms with van der Waals surface area (Å²) >= 11 is 0. The zero-order chi connectivity index (χ0) is 18.4. The molecule has 0 aliphatic carbocycles. The Kier molecular flexibility index (Phi) is 6.14. The fraction of sp³-hybridized carbons (Fsp3) is 0.421. The largest absolute Gasteiger partial charge is 0.468 e. The van der Waals surface area contributed by atoms with Crippen molar-refractivity contribution in [2.45, 2.75) is 25.3 Å². The first-order chi connectivity index (χ1) is 12.6. The molecule has 1 aromatic heterocycles. The summed E-state index contributed by atoms with van der Waals surface area (Å²) in [4.78, 5) is 25.1. The van der Waals surface area contributed by atoms with Crippen LogP contribution >= 0.6 is 0 Å². The highest BCUT2D eigenvalue weighted by molar-refractivity contribution is 5.98. The van der Waals surface area contributed by atoms with Crippen molar-refractivity contribution in [3.8, 4) is 0 Å². The lowest BCUT2D eigenvalue weighted by atomic mass is 10.1. The van der Waals surface area contributed by atoms with Crippen LogP contribution in [0.1, 0.15) is 41.4 Å². The highest BCUT2D eigenvalue weighted by Gasteiger charge is 2.24. The van der Waals surface area contributed by atoms with Crippen LogP contribution in [0, 0.1) is 10.1 Å². The summed E-state index contributed by atoms with van der Waals surface area (Å²) in [5.41, 5.74) is 0.275. The van der Waals surface area contributed by atoms with Gasteiger partial charge in [0, 0.05) is 24.2 Å². The molecule has 1 N–H and O–H groups in total. The highest BCUT2D eigenvalue weighted by atomic mass is 16.6. The SMILES string of the molecule is O=C(CNCC(c1ccco1)N1CCCCC1)c1cccc([N+](=O)[O-])c1. The van der Waals surface area contributed by atoms with Gasteiger partial charge in [0.15, 0.2) is 5.78 Å². The van der Waals surface area contributed by atoms with Crippen LogP contribution < -0.4 is 5.32 Å². The number of nitrogens with one attached hydrogen (secondary N) is 1. The number of Topliss-reactive ketones (excluding diaryl/α,β-unsaturated/α-hetero) is 1. The molecule has 1 aliphatic heterocycles. The average molecular weight is 357 g/mol. The lowest BCUT2D eigenvalue weighted by molar-refractivity contribution is -0.384. The van der Waals surface area contributed by atoms with Crippen molar-refractivity contribution in [3.63, 3.8) is 0 Å². The monoisotopic (exact) mass is 357 g/mol. The second kappa shape index (κ2) is 8.73. The van der Waals surface area contributed by atoms with Gasteiger partial charge in [-0.2, -0.15) is 0 Å². The minimum atomic E-state index is -0.493. The number of non-ortho nitro benzene ring substituents is 1. The first-order valence-electron chi connectivity index (χ1n) is 8.91. The van der Waals surface area contributed by atoms with Gasteiger partial charge in [-0.1, -0.05) is 18.6 Å². The number of hydrogen-bond acceptors (Lipinski definition) is 6. The summed E-state index contributed by atoms with van der Waals surface area (Å²) in [5.74, 6) is 0.729. The van der Waals surface area contributed by atoms with Gasteiger partial charge < -0.3 is 9.73 Å². The molecule has 1 aromatic carbocycles. The van der Waals surface area contributed by atoms with E-state index in [9.17, 15) is 14.9 Å². The Morgan fingerprint density at radius 3 is 2.73 bits per heavy atom. The van der Waals surface area contributed by atoms with Gasteiger partial charge in [0.05, 0.1) is 23.8 Å². The van der Waals surface area contributed by atoms with Crippen molar-refractivity contribution in [2.75, 3.05) is 26.2 Å². The molecular formula is C19H23N3O4. The molecule has 0 radical (unpaired) electrons. The smallest absolute Gasteiger partial charge is 0.270 e. The fourth-order valence-electron chi connectivity index (χ4n) is 3.34. The summed E-state index contributed by atoms with van der Waals surface area (Å²) in [6.07, 6.45) is 5.26. The number of nitro groups is 1. The molecule has 0 saturated carbocycles. The van der Waals surface area contributed by atoms with Crippen LogP contribution in [0.15, 0.2) is 47.1 Å². The second-order valence-corrected chi connectivity index (χ2v) is 6.49. The van der Waals surface area contributed by atoms with Crippen molar-refractivity contribution in [2.24, 2.45) is 0 Å². The summed E-state index contributed by atoms with van der Waals surface area (Å²) in [6, 6.07) is 9.76. The number of carbonyl (C=O) groups is 1. The maximum Gasteiger partial charge on any atom is 0.270 e. The number of ketones is 1. The zero-order valence-corrected chi connectivity index (χ0v) is 14.6. The third-order valence-corrected chi connectivity index (χ3v) is 4.71. The number of furan rings is 1. The van der Waals surface area contributed by atoms with E-state index >= 15 is 0 Å². The lowest BCUT2D eigenvalue weighted by Crippen LogP contribution is -2.40. The maximum absolute atomic E-state index is 12.3. The van der Waals surface area contributed by atoms with E-state index in [0.717, 1.165) is 18.8 Å². The maximum atomic E-state index is 12.3. The molecule has 0 amide bonds. The fourth-order valence-corrected chi connectivity index (χ4v) is 3.34. The van der Waals surface area contributed by atoms with Crippen molar-refractivity contribution in [3.05, 3.63) is 64.1 Å². The van der Waals surface area contributed by atoms with E-state index in [4.69, 9.17) is 4.42 Å². The van der Waals surface area contributed by atoms with Crippen molar-refractivity contribution in [1.29, 1.82) is 0 Å². The number of nitrogens with zero attached hydrogens (tertiary/aromatic N) is 2. The average Bonchev–Trinajstić information content (AvgIpc) is 3.20. The minimum Gasteiger partial charge on any atom is -0.468 e. The first-order valence-corrected chi connectivity index (χ1v) is 8.91. The molecule has 1 atom stereocenters. The number of piperidine rings is 1. The lowest BCUT2D eigenvalue weighted by Gasteiger charge is -2.33. The van der Waals surface area contributed by atoms with Gasteiger partial charge in [-0.15, -0.1) is 0 Å². The number of benzene rings is 1. The van der Waals surface area contributed by atoms with E-state index < -0.39 is 4.92 Å². The van der Waals surface area contributed by atoms with Gasteiger partial charge >= 0.3 is 0 Å². The van der Waals surface area contributed by atoms with E-state index in [2.05, 4.69) is 10.2 Å². The summed E-state index contributed by atoms with van der Waals surface area (Å²) in [6.45, 7) is 2.76. The third-order valence-electron chi connectivity index (χ3n) is 4.71. The molecule has 1 unspecified atom stereocenters. The molecule has 7 nitrogen and oxygen atoms in total. The molecule has 0 bridgehead atoms. The Bertz CT molecular complexity index is 739. The predicted molar refractivity (Wildman–Crippen MR) is 97.2 cm³/mol. The topological polar surface area (TPSA) is 88.6 Å². The number of likely N-dealkylation sites (tertiary alicyclic amines) is 1. The van der Waals surface area contributed by atoms with Gasteiger partial charge in [0.25, 0.3) is 5.69 Å². The summed E-state index contributed by atoms with van der Waals surface area (Å²) in [5, 5.41) is 14.0. The van der Waals surface area contributed by atoms with Gasteiger partial charge in [-0.3, -0.25) is 19.8 Å². The van der Waals surface area contributed by atoms with Crippen molar-refractivity contribution in [1.82, 2.24) is 10.2 Å². The molecule has 2 aromatic rings. The van der Waals surface area contributed by atoms with Gasteiger partial charge in [-0.05, 0) is 38.1 Å². The molecule has 0 spiro atoms. The Morgan fingerprint density at radius 2 is 2.04 bits per heavy atom. The summed E-state index contributed by atoms with van der Waals surface area (Å²) < 4.78 is 5.59. The Morgan fingerprint density at radius 1 is 1.23 bits per heavy atom. The Balaban J connectivity index is 1.60. The van der Waals surface area contributed by atoms with E-state index in [1.54, 1.807) is 12.3 Å². The number of carbonyl (C=O) groups excluding carboxylic acids is 1. The summed E-state index contributed by atoms with van der Waals surface area (Å²) in [7, 11) is 0. The van der Waals surface area contributed by atoms with E-state index in [0.29, 0.717) is 12.1 Å². The molecular weight excluding hydrogens is 334 g/mol. The van der Waals surface area contributed by atoms with Gasteiger partial charge in [0.2, 0.25) is 0 Å².